The van der Waals surface area contributed by atoms with Gasteiger partial charge in [-0.05, 0) is 62.0 Å². The summed E-state index contributed by atoms with van der Waals surface area (Å²) in [5.74, 6) is -0.763. The van der Waals surface area contributed by atoms with E-state index in [2.05, 4.69) is 10.2 Å². The Kier molecular flexibility index (Phi) is 6.09. The quantitative estimate of drug-likeness (QED) is 0.322. The van der Waals surface area contributed by atoms with E-state index in [1.54, 1.807) is 6.08 Å². The molecular formula is C23H21N5O3S. The van der Waals surface area contributed by atoms with Gasteiger partial charge in [0.15, 0.2) is 5.11 Å². The number of amides is 2. The Bertz CT molecular complexity index is 1130. The second-order valence-electron chi connectivity index (χ2n) is 6.92. The van der Waals surface area contributed by atoms with Gasteiger partial charge in [0, 0.05) is 13.1 Å². The molecule has 8 nitrogen and oxygen atoms in total. The van der Waals surface area contributed by atoms with Crippen LogP contribution in [-0.2, 0) is 9.59 Å². The molecule has 1 aliphatic heterocycles. The molecule has 0 saturated carbocycles. The molecule has 32 heavy (non-hydrogen) atoms. The van der Waals surface area contributed by atoms with Gasteiger partial charge >= 0.3 is 6.01 Å². The number of thiocarbonyl (C=S) groups is 1. The molecule has 0 atom stereocenters. The monoisotopic (exact) mass is 447 g/mol. The minimum atomic E-state index is -0.381. The third kappa shape index (κ3) is 3.90. The summed E-state index contributed by atoms with van der Waals surface area (Å²) in [5.41, 5.74) is 2.44. The van der Waals surface area contributed by atoms with Crippen LogP contribution in [0.4, 0.5) is 17.4 Å². The van der Waals surface area contributed by atoms with Crippen LogP contribution in [0, 0.1) is 0 Å². The van der Waals surface area contributed by atoms with E-state index in [4.69, 9.17) is 16.6 Å². The van der Waals surface area contributed by atoms with Crippen molar-refractivity contribution in [3.63, 3.8) is 0 Å². The van der Waals surface area contributed by atoms with E-state index in [1.165, 1.54) is 16.2 Å². The van der Waals surface area contributed by atoms with Crippen molar-refractivity contribution in [2.45, 2.75) is 13.8 Å². The second kappa shape index (κ2) is 9.11. The molecule has 1 aliphatic rings. The molecule has 1 aromatic heterocycles. The molecule has 0 radical (unpaired) electrons. The standard InChI is InChI=1S/C23H21N5O3S/c1-3-26-20(29)19(21(30)27(4-2)23(26)32)14-16-10-12-18(13-11-16)28(22-25-24-15-31-22)17-8-6-5-7-9-17/h5-15H,3-4H2,1-2H3. The van der Waals surface area contributed by atoms with Crippen LogP contribution in [0.5, 0.6) is 0 Å². The fraction of sp³-hybridized carbons (Fsp3) is 0.174. The van der Waals surface area contributed by atoms with Crippen LogP contribution >= 0.6 is 12.2 Å². The molecule has 4 rings (SSSR count). The molecule has 3 aromatic rings. The molecular weight excluding hydrogens is 426 g/mol. The highest BCUT2D eigenvalue weighted by Crippen LogP contribution is 2.33. The normalized spacial score (nSPS) is 14.2. The number of rotatable bonds is 6. The van der Waals surface area contributed by atoms with Crippen molar-refractivity contribution >= 4 is 52.6 Å². The van der Waals surface area contributed by atoms with Gasteiger partial charge in [-0.1, -0.05) is 35.4 Å². The summed E-state index contributed by atoms with van der Waals surface area (Å²) in [6, 6.07) is 17.3. The third-order valence-corrected chi connectivity index (χ3v) is 5.50. The number of para-hydroxylation sites is 1. The number of benzene rings is 2. The smallest absolute Gasteiger partial charge is 0.327 e. The molecule has 0 N–H and O–H groups in total. The molecule has 0 unspecified atom stereocenters. The highest BCUT2D eigenvalue weighted by Gasteiger charge is 2.37. The van der Waals surface area contributed by atoms with Crippen LogP contribution in [0.15, 0.2) is 71.0 Å². The molecule has 2 amide bonds. The Hall–Kier alpha value is -3.85. The molecule has 0 spiro atoms. The number of carbonyl (C=O) groups excluding carboxylic acids is 2. The van der Waals surface area contributed by atoms with Crippen molar-refractivity contribution in [2.75, 3.05) is 18.0 Å². The van der Waals surface area contributed by atoms with Crippen LogP contribution in [0.3, 0.4) is 0 Å². The first kappa shape index (κ1) is 21.4. The SMILES string of the molecule is CCN1C(=O)C(=Cc2ccc(N(c3ccccc3)c3nnco3)cc2)C(=O)N(CC)C1=S. The fourth-order valence-corrected chi connectivity index (χ4v) is 3.90. The summed E-state index contributed by atoms with van der Waals surface area (Å²) in [7, 11) is 0. The average Bonchev–Trinajstić information content (AvgIpc) is 3.34. The van der Waals surface area contributed by atoms with E-state index in [9.17, 15) is 9.59 Å². The third-order valence-electron chi connectivity index (χ3n) is 5.06. The first-order valence-electron chi connectivity index (χ1n) is 10.2. The summed E-state index contributed by atoms with van der Waals surface area (Å²) in [6.07, 6.45) is 2.87. The highest BCUT2D eigenvalue weighted by molar-refractivity contribution is 7.80. The first-order valence-corrected chi connectivity index (χ1v) is 10.6. The van der Waals surface area contributed by atoms with Crippen LogP contribution in [-0.4, -0.2) is 50.0 Å². The number of hydrogen-bond donors (Lipinski definition) is 0. The number of carbonyl (C=O) groups is 2. The maximum Gasteiger partial charge on any atom is 0.327 e. The van der Waals surface area contributed by atoms with Crippen molar-refractivity contribution in [2.24, 2.45) is 0 Å². The lowest BCUT2D eigenvalue weighted by atomic mass is 10.1. The van der Waals surface area contributed by atoms with Gasteiger partial charge in [-0.3, -0.25) is 24.3 Å². The molecule has 2 aromatic carbocycles. The maximum absolute atomic E-state index is 12.8. The van der Waals surface area contributed by atoms with E-state index in [0.29, 0.717) is 24.7 Å². The van der Waals surface area contributed by atoms with Crippen molar-refractivity contribution < 1.29 is 14.0 Å². The van der Waals surface area contributed by atoms with Gasteiger partial charge in [0.1, 0.15) is 5.57 Å². The van der Waals surface area contributed by atoms with Gasteiger partial charge < -0.3 is 4.42 Å². The number of hydrogen-bond acceptors (Lipinski definition) is 7. The Morgan fingerprint density at radius 1 is 0.938 bits per heavy atom. The minimum absolute atomic E-state index is 0.0897. The number of aromatic nitrogens is 2. The Labute approximate surface area is 190 Å². The molecule has 1 fully saturated rings. The van der Waals surface area contributed by atoms with E-state index in [-0.39, 0.29) is 22.5 Å². The predicted molar refractivity (Wildman–Crippen MR) is 124 cm³/mol. The van der Waals surface area contributed by atoms with E-state index in [0.717, 1.165) is 11.4 Å². The Morgan fingerprint density at radius 3 is 2.06 bits per heavy atom. The first-order chi connectivity index (χ1) is 15.5. The van der Waals surface area contributed by atoms with Crippen molar-refractivity contribution in [1.29, 1.82) is 0 Å². The summed E-state index contributed by atoms with van der Waals surface area (Å²) in [4.78, 5) is 30.4. The lowest BCUT2D eigenvalue weighted by Gasteiger charge is -2.35. The molecule has 0 bridgehead atoms. The largest absolute Gasteiger partial charge is 0.410 e. The van der Waals surface area contributed by atoms with Gasteiger partial charge in [0.2, 0.25) is 6.39 Å². The van der Waals surface area contributed by atoms with E-state index < -0.39 is 0 Å². The number of anilines is 3. The molecule has 1 saturated heterocycles. The average molecular weight is 448 g/mol. The molecule has 9 heteroatoms. The van der Waals surface area contributed by atoms with E-state index >= 15 is 0 Å². The second-order valence-corrected chi connectivity index (χ2v) is 7.29. The van der Waals surface area contributed by atoms with Crippen LogP contribution in [0.25, 0.3) is 6.08 Å². The van der Waals surface area contributed by atoms with Crippen LogP contribution in [0.2, 0.25) is 0 Å². The fourth-order valence-electron chi connectivity index (χ4n) is 3.48. The van der Waals surface area contributed by atoms with Gasteiger partial charge in [-0.25, -0.2) is 0 Å². The number of likely N-dealkylation sites (N-methyl/N-ethyl adjacent to an activating group) is 2. The van der Waals surface area contributed by atoms with Gasteiger partial charge in [0.05, 0.1) is 11.4 Å². The summed E-state index contributed by atoms with van der Waals surface area (Å²) in [6.45, 7) is 4.45. The molecule has 162 valence electrons. The maximum atomic E-state index is 12.8. The van der Waals surface area contributed by atoms with Gasteiger partial charge in [-0.2, -0.15) is 0 Å². The lowest BCUT2D eigenvalue weighted by Crippen LogP contribution is -2.55. The van der Waals surface area contributed by atoms with Crippen molar-refractivity contribution in [3.05, 3.63) is 72.1 Å². The molecule has 0 aliphatic carbocycles. The summed E-state index contributed by atoms with van der Waals surface area (Å²) < 4.78 is 5.42. The van der Waals surface area contributed by atoms with Crippen molar-refractivity contribution in [1.82, 2.24) is 20.0 Å². The Morgan fingerprint density at radius 2 is 1.53 bits per heavy atom. The van der Waals surface area contributed by atoms with Gasteiger partial charge in [-0.15, -0.1) is 5.10 Å². The minimum Gasteiger partial charge on any atom is -0.410 e. The summed E-state index contributed by atoms with van der Waals surface area (Å²) in [5, 5.41) is 8.06. The zero-order valence-electron chi connectivity index (χ0n) is 17.6. The van der Waals surface area contributed by atoms with E-state index in [1.807, 2.05) is 73.3 Å². The predicted octanol–water partition coefficient (Wildman–Crippen LogP) is 3.92. The summed E-state index contributed by atoms with van der Waals surface area (Å²) >= 11 is 5.31. The van der Waals surface area contributed by atoms with Gasteiger partial charge in [0.25, 0.3) is 11.8 Å². The zero-order chi connectivity index (χ0) is 22.7. The van der Waals surface area contributed by atoms with Crippen molar-refractivity contribution in [3.8, 4) is 0 Å². The Balaban J connectivity index is 1.68. The molecule has 2 heterocycles. The zero-order valence-corrected chi connectivity index (χ0v) is 18.5. The van der Waals surface area contributed by atoms with Crippen LogP contribution in [0.1, 0.15) is 19.4 Å². The van der Waals surface area contributed by atoms with Crippen LogP contribution < -0.4 is 4.90 Å². The highest BCUT2D eigenvalue weighted by atomic mass is 32.1. The number of nitrogens with zero attached hydrogens (tertiary/aromatic N) is 5. The topological polar surface area (TPSA) is 82.8 Å². The lowest BCUT2D eigenvalue weighted by molar-refractivity contribution is -0.133.